The zero-order valence-corrected chi connectivity index (χ0v) is 9.93. The molecule has 0 aliphatic rings. The van der Waals surface area contributed by atoms with Gasteiger partial charge in [-0.25, -0.2) is 0 Å². The SMILES string of the molecule is CCOCC(C)NC(=O)c1cccc(O)c1O. The molecule has 1 atom stereocenters. The fraction of sp³-hybridized carbons (Fsp3) is 0.417. The van der Waals surface area contributed by atoms with Crippen LogP contribution in [0.3, 0.4) is 0 Å². The highest BCUT2D eigenvalue weighted by atomic mass is 16.5. The van der Waals surface area contributed by atoms with Crippen molar-refractivity contribution in [3.8, 4) is 11.5 Å². The summed E-state index contributed by atoms with van der Waals surface area (Å²) in [7, 11) is 0. The van der Waals surface area contributed by atoms with E-state index in [0.717, 1.165) is 0 Å². The normalized spacial score (nSPS) is 12.1. The van der Waals surface area contributed by atoms with Crippen molar-refractivity contribution in [1.29, 1.82) is 0 Å². The molecule has 0 aromatic heterocycles. The van der Waals surface area contributed by atoms with Gasteiger partial charge in [0.05, 0.1) is 12.2 Å². The number of nitrogens with one attached hydrogen (secondary N) is 1. The largest absolute Gasteiger partial charge is 0.504 e. The highest BCUT2D eigenvalue weighted by molar-refractivity contribution is 5.97. The number of phenolic OH excluding ortho intramolecular Hbond substituents is 2. The van der Waals surface area contributed by atoms with E-state index in [1.54, 1.807) is 6.92 Å². The predicted octanol–water partition coefficient (Wildman–Crippen LogP) is 1.25. The van der Waals surface area contributed by atoms with Gasteiger partial charge in [0.2, 0.25) is 0 Å². The molecule has 1 rings (SSSR count). The number of benzene rings is 1. The lowest BCUT2D eigenvalue weighted by Gasteiger charge is -2.14. The van der Waals surface area contributed by atoms with Gasteiger partial charge in [-0.05, 0) is 26.0 Å². The average molecular weight is 239 g/mol. The molecule has 0 spiro atoms. The molecule has 0 heterocycles. The van der Waals surface area contributed by atoms with Crippen LogP contribution in [0.15, 0.2) is 18.2 Å². The molecule has 0 fully saturated rings. The molecule has 0 aliphatic heterocycles. The van der Waals surface area contributed by atoms with Crippen LogP contribution in [0.2, 0.25) is 0 Å². The van der Waals surface area contributed by atoms with E-state index in [0.29, 0.717) is 13.2 Å². The maximum absolute atomic E-state index is 11.8. The van der Waals surface area contributed by atoms with Crippen LogP contribution in [0.5, 0.6) is 11.5 Å². The lowest BCUT2D eigenvalue weighted by molar-refractivity contribution is 0.0869. The summed E-state index contributed by atoms with van der Waals surface area (Å²) in [6.45, 7) is 4.66. The second kappa shape index (κ2) is 6.10. The van der Waals surface area contributed by atoms with E-state index in [4.69, 9.17) is 4.74 Å². The standard InChI is InChI=1S/C12H17NO4/c1-3-17-7-8(2)13-12(16)9-5-4-6-10(14)11(9)15/h4-6,8,14-15H,3,7H2,1-2H3,(H,13,16). The first-order valence-corrected chi connectivity index (χ1v) is 5.45. The zero-order chi connectivity index (χ0) is 12.8. The maximum Gasteiger partial charge on any atom is 0.255 e. The Balaban J connectivity index is 2.67. The first-order chi connectivity index (χ1) is 8.06. The Morgan fingerprint density at radius 2 is 2.18 bits per heavy atom. The lowest BCUT2D eigenvalue weighted by atomic mass is 10.1. The Kier molecular flexibility index (Phi) is 4.78. The van der Waals surface area contributed by atoms with E-state index in [1.807, 2.05) is 6.92 Å². The smallest absolute Gasteiger partial charge is 0.255 e. The van der Waals surface area contributed by atoms with Crippen molar-refractivity contribution >= 4 is 5.91 Å². The fourth-order valence-electron chi connectivity index (χ4n) is 1.35. The van der Waals surface area contributed by atoms with E-state index in [-0.39, 0.29) is 17.4 Å². The second-order valence-corrected chi connectivity index (χ2v) is 3.71. The summed E-state index contributed by atoms with van der Waals surface area (Å²) in [5, 5.41) is 21.4. The third-order valence-electron chi connectivity index (χ3n) is 2.21. The summed E-state index contributed by atoms with van der Waals surface area (Å²) in [6.07, 6.45) is 0. The summed E-state index contributed by atoms with van der Waals surface area (Å²) in [5.74, 6) is -1.16. The molecular formula is C12H17NO4. The first-order valence-electron chi connectivity index (χ1n) is 5.45. The highest BCUT2D eigenvalue weighted by Crippen LogP contribution is 2.27. The topological polar surface area (TPSA) is 78.8 Å². The quantitative estimate of drug-likeness (QED) is 0.676. The van der Waals surface area contributed by atoms with Crippen molar-refractivity contribution in [1.82, 2.24) is 5.32 Å². The molecule has 17 heavy (non-hydrogen) atoms. The first kappa shape index (κ1) is 13.3. The van der Waals surface area contributed by atoms with Crippen LogP contribution in [-0.4, -0.2) is 35.4 Å². The Labute approximate surface area is 100 Å². The van der Waals surface area contributed by atoms with Crippen LogP contribution in [0.25, 0.3) is 0 Å². The Hall–Kier alpha value is -1.75. The average Bonchev–Trinajstić information content (AvgIpc) is 2.29. The number of aromatic hydroxyl groups is 2. The summed E-state index contributed by atoms with van der Waals surface area (Å²) < 4.78 is 5.16. The van der Waals surface area contributed by atoms with E-state index in [1.165, 1.54) is 18.2 Å². The summed E-state index contributed by atoms with van der Waals surface area (Å²) >= 11 is 0. The van der Waals surface area contributed by atoms with Crippen LogP contribution in [0.4, 0.5) is 0 Å². The van der Waals surface area contributed by atoms with E-state index < -0.39 is 11.7 Å². The molecule has 0 saturated carbocycles. The van der Waals surface area contributed by atoms with Crippen LogP contribution in [0.1, 0.15) is 24.2 Å². The molecule has 0 radical (unpaired) electrons. The van der Waals surface area contributed by atoms with Crippen molar-refractivity contribution in [2.75, 3.05) is 13.2 Å². The number of hydrogen-bond donors (Lipinski definition) is 3. The Morgan fingerprint density at radius 1 is 1.47 bits per heavy atom. The molecule has 0 saturated heterocycles. The Bertz CT molecular complexity index is 392. The molecule has 1 aromatic rings. The number of carbonyl (C=O) groups is 1. The minimum absolute atomic E-state index is 0.0494. The molecule has 0 aliphatic carbocycles. The highest BCUT2D eigenvalue weighted by Gasteiger charge is 2.15. The fourth-order valence-corrected chi connectivity index (χ4v) is 1.35. The molecule has 94 valence electrons. The van der Waals surface area contributed by atoms with Gasteiger partial charge in [0.15, 0.2) is 11.5 Å². The van der Waals surface area contributed by atoms with Crippen molar-refractivity contribution in [3.05, 3.63) is 23.8 Å². The van der Waals surface area contributed by atoms with Crippen molar-refractivity contribution in [2.45, 2.75) is 19.9 Å². The molecule has 5 heteroatoms. The summed E-state index contributed by atoms with van der Waals surface area (Å²) in [4.78, 5) is 11.8. The van der Waals surface area contributed by atoms with Gasteiger partial charge >= 0.3 is 0 Å². The number of hydrogen-bond acceptors (Lipinski definition) is 4. The maximum atomic E-state index is 11.8. The van der Waals surface area contributed by atoms with Gasteiger partial charge in [-0.1, -0.05) is 6.07 Å². The van der Waals surface area contributed by atoms with Gasteiger partial charge in [-0.15, -0.1) is 0 Å². The molecule has 0 bridgehead atoms. The third-order valence-corrected chi connectivity index (χ3v) is 2.21. The monoisotopic (exact) mass is 239 g/mol. The zero-order valence-electron chi connectivity index (χ0n) is 9.93. The van der Waals surface area contributed by atoms with E-state index in [9.17, 15) is 15.0 Å². The van der Waals surface area contributed by atoms with Gasteiger partial charge in [0.1, 0.15) is 0 Å². The van der Waals surface area contributed by atoms with Gasteiger partial charge in [0.25, 0.3) is 5.91 Å². The minimum Gasteiger partial charge on any atom is -0.504 e. The van der Waals surface area contributed by atoms with Crippen molar-refractivity contribution in [2.24, 2.45) is 0 Å². The molecule has 1 amide bonds. The van der Waals surface area contributed by atoms with Crippen LogP contribution < -0.4 is 5.32 Å². The van der Waals surface area contributed by atoms with Gasteiger partial charge in [-0.3, -0.25) is 4.79 Å². The van der Waals surface area contributed by atoms with Gasteiger partial charge in [-0.2, -0.15) is 0 Å². The number of amides is 1. The number of rotatable bonds is 5. The van der Waals surface area contributed by atoms with Gasteiger partial charge < -0.3 is 20.3 Å². The third kappa shape index (κ3) is 3.64. The second-order valence-electron chi connectivity index (χ2n) is 3.71. The van der Waals surface area contributed by atoms with Crippen LogP contribution in [-0.2, 0) is 4.74 Å². The van der Waals surface area contributed by atoms with Crippen LogP contribution >= 0.6 is 0 Å². The lowest BCUT2D eigenvalue weighted by Crippen LogP contribution is -2.35. The number of phenols is 2. The van der Waals surface area contributed by atoms with Crippen molar-refractivity contribution < 1.29 is 19.7 Å². The predicted molar refractivity (Wildman–Crippen MR) is 63.2 cm³/mol. The Morgan fingerprint density at radius 3 is 2.82 bits per heavy atom. The van der Waals surface area contributed by atoms with Gasteiger partial charge in [0, 0.05) is 12.6 Å². The number of carbonyl (C=O) groups excluding carboxylic acids is 1. The van der Waals surface area contributed by atoms with E-state index >= 15 is 0 Å². The molecular weight excluding hydrogens is 222 g/mol. The summed E-state index contributed by atoms with van der Waals surface area (Å²) in [6, 6.07) is 4.09. The van der Waals surface area contributed by atoms with E-state index in [2.05, 4.69) is 5.32 Å². The number of para-hydroxylation sites is 1. The number of ether oxygens (including phenoxy) is 1. The summed E-state index contributed by atoms with van der Waals surface area (Å²) in [5.41, 5.74) is 0.0494. The molecule has 3 N–H and O–H groups in total. The van der Waals surface area contributed by atoms with Crippen LogP contribution in [0, 0.1) is 0 Å². The molecule has 1 aromatic carbocycles. The molecule has 1 unspecified atom stereocenters. The molecule has 5 nitrogen and oxygen atoms in total. The van der Waals surface area contributed by atoms with Crippen molar-refractivity contribution in [3.63, 3.8) is 0 Å². The minimum atomic E-state index is -0.439.